The number of ether oxygens (including phenoxy) is 2. The largest absolute Gasteiger partial charge is 0.493 e. The Kier molecular flexibility index (Phi) is 8.52. The summed E-state index contributed by atoms with van der Waals surface area (Å²) < 4.78 is 11.3. The van der Waals surface area contributed by atoms with E-state index in [1.807, 2.05) is 34.9 Å². The quantitative estimate of drug-likeness (QED) is 0.378. The number of allylic oxidation sites excluding steroid dienone is 1. The summed E-state index contributed by atoms with van der Waals surface area (Å²) in [5.74, 6) is 1.36. The number of hydrogen-bond acceptors (Lipinski definition) is 4. The molecule has 2 amide bonds. The van der Waals surface area contributed by atoms with Gasteiger partial charge in [0, 0.05) is 12.6 Å². The standard InChI is InChI=1S/C28H40N2O4/c1-3-34-24-16-15-22(19-25(24)33-2)27-28(32)30(23-13-9-4-5-10-14-23)20-26(31)29(27)18-17-21-11-7-6-8-12-21/h11,15-16,19,23,27H,3-10,12-14,17-18,20H2,1-2H3. The van der Waals surface area contributed by atoms with Gasteiger partial charge >= 0.3 is 0 Å². The second-order valence-corrected chi connectivity index (χ2v) is 9.80. The molecule has 2 fully saturated rings. The first-order chi connectivity index (χ1) is 16.6. The molecule has 1 aliphatic heterocycles. The maximum absolute atomic E-state index is 14.0. The number of rotatable bonds is 8. The van der Waals surface area contributed by atoms with Gasteiger partial charge in [-0.15, -0.1) is 0 Å². The van der Waals surface area contributed by atoms with Crippen molar-refractivity contribution >= 4 is 11.8 Å². The van der Waals surface area contributed by atoms with E-state index in [0.29, 0.717) is 24.7 Å². The van der Waals surface area contributed by atoms with E-state index >= 15 is 0 Å². The zero-order chi connectivity index (χ0) is 23.9. The molecule has 1 unspecified atom stereocenters. The topological polar surface area (TPSA) is 59.1 Å². The number of benzene rings is 1. The molecule has 3 aliphatic rings. The smallest absolute Gasteiger partial charge is 0.250 e. The summed E-state index contributed by atoms with van der Waals surface area (Å²) in [6.07, 6.45) is 14.5. The SMILES string of the molecule is CCOc1ccc(C2C(=O)N(C3CCCCCC3)CC(=O)N2CCC2=CCCCC2)cc1OC. The molecule has 4 rings (SSSR count). The summed E-state index contributed by atoms with van der Waals surface area (Å²) in [4.78, 5) is 31.2. The monoisotopic (exact) mass is 468 g/mol. The molecule has 6 heteroatoms. The predicted octanol–water partition coefficient (Wildman–Crippen LogP) is 5.42. The van der Waals surface area contributed by atoms with Crippen LogP contribution < -0.4 is 9.47 Å². The Morgan fingerprint density at radius 2 is 1.79 bits per heavy atom. The van der Waals surface area contributed by atoms with Gasteiger partial charge in [-0.05, 0) is 69.6 Å². The van der Waals surface area contributed by atoms with Crippen LogP contribution in [0.15, 0.2) is 29.8 Å². The summed E-state index contributed by atoms with van der Waals surface area (Å²) in [6.45, 7) is 3.25. The first kappa shape index (κ1) is 24.6. The highest BCUT2D eigenvalue weighted by atomic mass is 16.5. The summed E-state index contributed by atoms with van der Waals surface area (Å²) in [6, 6.07) is 5.21. The van der Waals surface area contributed by atoms with Gasteiger partial charge in [0.1, 0.15) is 12.6 Å². The average Bonchev–Trinajstić information content (AvgIpc) is 3.15. The second kappa shape index (κ2) is 11.8. The lowest BCUT2D eigenvalue weighted by atomic mass is 9.94. The van der Waals surface area contributed by atoms with Crippen LogP contribution in [0.2, 0.25) is 0 Å². The van der Waals surface area contributed by atoms with Crippen LogP contribution in [-0.2, 0) is 9.59 Å². The van der Waals surface area contributed by atoms with Gasteiger partial charge in [-0.25, -0.2) is 0 Å². The van der Waals surface area contributed by atoms with Crippen LogP contribution in [0.25, 0.3) is 0 Å². The molecule has 6 nitrogen and oxygen atoms in total. The third-order valence-electron chi connectivity index (χ3n) is 7.58. The zero-order valence-corrected chi connectivity index (χ0v) is 20.9. The fourth-order valence-corrected chi connectivity index (χ4v) is 5.73. The van der Waals surface area contributed by atoms with Crippen LogP contribution in [0.1, 0.15) is 89.2 Å². The normalized spacial score (nSPS) is 22.4. The summed E-state index contributed by atoms with van der Waals surface area (Å²) in [5, 5.41) is 0. The van der Waals surface area contributed by atoms with Crippen LogP contribution in [0.5, 0.6) is 11.5 Å². The molecule has 0 bridgehead atoms. The third kappa shape index (κ3) is 5.59. The molecular weight excluding hydrogens is 428 g/mol. The van der Waals surface area contributed by atoms with Crippen LogP contribution in [0.3, 0.4) is 0 Å². The third-order valence-corrected chi connectivity index (χ3v) is 7.58. The lowest BCUT2D eigenvalue weighted by molar-refractivity contribution is -0.158. The number of hydrogen-bond donors (Lipinski definition) is 0. The minimum absolute atomic E-state index is 0.0512. The van der Waals surface area contributed by atoms with Crippen molar-refractivity contribution in [1.82, 2.24) is 9.80 Å². The molecule has 1 atom stereocenters. The van der Waals surface area contributed by atoms with Crippen molar-refractivity contribution in [2.45, 2.75) is 89.6 Å². The Balaban J connectivity index is 1.64. The molecule has 1 saturated heterocycles. The van der Waals surface area contributed by atoms with Crippen LogP contribution in [0, 0.1) is 0 Å². The van der Waals surface area contributed by atoms with Gasteiger partial charge in [-0.3, -0.25) is 9.59 Å². The number of methoxy groups -OCH3 is 1. The van der Waals surface area contributed by atoms with Crippen LogP contribution >= 0.6 is 0 Å². The highest BCUT2D eigenvalue weighted by Gasteiger charge is 2.42. The molecule has 34 heavy (non-hydrogen) atoms. The minimum atomic E-state index is -0.613. The maximum atomic E-state index is 14.0. The zero-order valence-electron chi connectivity index (χ0n) is 20.9. The van der Waals surface area contributed by atoms with Gasteiger partial charge in [-0.1, -0.05) is 43.4 Å². The Labute approximate surface area is 204 Å². The van der Waals surface area contributed by atoms with Crippen molar-refractivity contribution in [2.24, 2.45) is 0 Å². The van der Waals surface area contributed by atoms with Crippen molar-refractivity contribution in [2.75, 3.05) is 26.8 Å². The van der Waals surface area contributed by atoms with Gasteiger partial charge < -0.3 is 19.3 Å². The Morgan fingerprint density at radius 1 is 1.00 bits per heavy atom. The highest BCUT2D eigenvalue weighted by molar-refractivity contribution is 5.96. The van der Waals surface area contributed by atoms with E-state index in [1.54, 1.807) is 7.11 Å². The number of carbonyl (C=O) groups is 2. The molecule has 0 radical (unpaired) electrons. The number of carbonyl (C=O) groups excluding carboxylic acids is 2. The average molecular weight is 469 g/mol. The molecule has 0 N–H and O–H groups in total. The summed E-state index contributed by atoms with van der Waals surface area (Å²) >= 11 is 0. The Morgan fingerprint density at radius 3 is 2.47 bits per heavy atom. The lowest BCUT2D eigenvalue weighted by Gasteiger charge is -2.44. The molecule has 0 aromatic heterocycles. The van der Waals surface area contributed by atoms with Crippen molar-refractivity contribution in [3.63, 3.8) is 0 Å². The van der Waals surface area contributed by atoms with Gasteiger partial charge in [0.05, 0.1) is 13.7 Å². The maximum Gasteiger partial charge on any atom is 0.250 e. The van der Waals surface area contributed by atoms with Crippen molar-refractivity contribution < 1.29 is 19.1 Å². The molecule has 186 valence electrons. The van der Waals surface area contributed by atoms with E-state index in [1.165, 1.54) is 31.3 Å². The fourth-order valence-electron chi connectivity index (χ4n) is 5.73. The molecule has 1 aromatic carbocycles. The van der Waals surface area contributed by atoms with Gasteiger partial charge in [0.25, 0.3) is 5.91 Å². The van der Waals surface area contributed by atoms with E-state index in [-0.39, 0.29) is 24.4 Å². The van der Waals surface area contributed by atoms with Crippen LogP contribution in [0.4, 0.5) is 0 Å². The predicted molar refractivity (Wildman–Crippen MR) is 133 cm³/mol. The number of piperazine rings is 1. The van der Waals surface area contributed by atoms with Crippen molar-refractivity contribution in [1.29, 1.82) is 0 Å². The molecule has 1 aromatic rings. The van der Waals surface area contributed by atoms with Crippen LogP contribution in [-0.4, -0.2) is 54.5 Å². The molecule has 1 saturated carbocycles. The van der Waals surface area contributed by atoms with E-state index in [9.17, 15) is 9.59 Å². The van der Waals surface area contributed by atoms with Crippen molar-refractivity contribution in [3.8, 4) is 11.5 Å². The van der Waals surface area contributed by atoms with E-state index in [4.69, 9.17) is 9.47 Å². The molecule has 1 heterocycles. The van der Waals surface area contributed by atoms with E-state index in [2.05, 4.69) is 6.08 Å². The number of nitrogens with zero attached hydrogens (tertiary/aromatic N) is 2. The van der Waals surface area contributed by atoms with Gasteiger partial charge in [0.15, 0.2) is 11.5 Å². The number of amides is 2. The molecular formula is C28H40N2O4. The first-order valence-corrected chi connectivity index (χ1v) is 13.2. The first-order valence-electron chi connectivity index (χ1n) is 13.2. The lowest BCUT2D eigenvalue weighted by Crippen LogP contribution is -2.58. The fraction of sp³-hybridized carbons (Fsp3) is 0.643. The Hall–Kier alpha value is -2.50. The Bertz CT molecular complexity index is 888. The summed E-state index contributed by atoms with van der Waals surface area (Å²) in [5.41, 5.74) is 2.22. The minimum Gasteiger partial charge on any atom is -0.493 e. The van der Waals surface area contributed by atoms with E-state index < -0.39 is 6.04 Å². The molecule has 2 aliphatic carbocycles. The highest BCUT2D eigenvalue weighted by Crippen LogP contribution is 2.37. The van der Waals surface area contributed by atoms with Gasteiger partial charge in [-0.2, -0.15) is 0 Å². The summed E-state index contributed by atoms with van der Waals surface area (Å²) in [7, 11) is 1.61. The van der Waals surface area contributed by atoms with Crippen molar-refractivity contribution in [3.05, 3.63) is 35.4 Å². The van der Waals surface area contributed by atoms with E-state index in [0.717, 1.165) is 50.5 Å². The molecule has 0 spiro atoms. The second-order valence-electron chi connectivity index (χ2n) is 9.80. The van der Waals surface area contributed by atoms with Gasteiger partial charge in [0.2, 0.25) is 5.91 Å².